The molecule has 1 aromatic carbocycles. The quantitative estimate of drug-likeness (QED) is 0.851. The van der Waals surface area contributed by atoms with Crippen molar-refractivity contribution in [2.75, 3.05) is 6.54 Å². The maximum atomic E-state index is 4.81. The molecule has 0 aliphatic heterocycles. The van der Waals surface area contributed by atoms with Gasteiger partial charge in [-0.25, -0.2) is 0 Å². The topological polar surface area (TPSA) is 24.9 Å². The summed E-state index contributed by atoms with van der Waals surface area (Å²) < 4.78 is 0. The number of pyridine rings is 1. The van der Waals surface area contributed by atoms with Crippen molar-refractivity contribution in [2.45, 2.75) is 46.6 Å². The summed E-state index contributed by atoms with van der Waals surface area (Å²) in [5, 5.41) is 4.84. The molecule has 2 heteroatoms. The molecule has 0 amide bonds. The lowest BCUT2D eigenvalue weighted by molar-refractivity contribution is 0.231. The Balaban J connectivity index is 2.24. The lowest BCUT2D eigenvalue weighted by Gasteiger charge is -2.34. The number of rotatable bonds is 6. The second kappa shape index (κ2) is 6.36. The van der Waals surface area contributed by atoms with E-state index in [0.29, 0.717) is 6.04 Å². The first-order valence-electron chi connectivity index (χ1n) is 7.65. The molecular formula is C18H26N2. The van der Waals surface area contributed by atoms with Gasteiger partial charge in [-0.1, -0.05) is 52.0 Å². The first-order valence-corrected chi connectivity index (χ1v) is 7.65. The zero-order valence-electron chi connectivity index (χ0n) is 13.1. The average molecular weight is 270 g/mol. The first kappa shape index (κ1) is 15.0. The number of benzene rings is 1. The summed E-state index contributed by atoms with van der Waals surface area (Å²) in [6.07, 6.45) is 2.15. The third-order valence-corrected chi connectivity index (χ3v) is 4.37. The third kappa shape index (κ3) is 3.37. The number of hydrogen-bond acceptors (Lipinski definition) is 2. The van der Waals surface area contributed by atoms with Gasteiger partial charge in [0.25, 0.3) is 0 Å². The molecule has 0 aliphatic carbocycles. The highest BCUT2D eigenvalue weighted by atomic mass is 14.9. The van der Waals surface area contributed by atoms with E-state index >= 15 is 0 Å². The fourth-order valence-corrected chi connectivity index (χ4v) is 2.55. The molecule has 0 spiro atoms. The molecule has 1 unspecified atom stereocenters. The fraction of sp³-hybridized carbons (Fsp3) is 0.500. The summed E-state index contributed by atoms with van der Waals surface area (Å²) in [7, 11) is 0. The highest BCUT2D eigenvalue weighted by Crippen LogP contribution is 2.27. The first-order chi connectivity index (χ1) is 9.56. The van der Waals surface area contributed by atoms with Crippen LogP contribution in [-0.4, -0.2) is 17.6 Å². The van der Waals surface area contributed by atoms with Crippen LogP contribution in [0, 0.1) is 5.41 Å². The predicted octanol–water partition coefficient (Wildman–Crippen LogP) is 4.19. The summed E-state index contributed by atoms with van der Waals surface area (Å²) >= 11 is 0. The van der Waals surface area contributed by atoms with Gasteiger partial charge in [0, 0.05) is 23.5 Å². The number of aromatic nitrogens is 1. The predicted molar refractivity (Wildman–Crippen MR) is 87.0 cm³/mol. The van der Waals surface area contributed by atoms with Gasteiger partial charge in [-0.15, -0.1) is 0 Å². The number of nitrogens with zero attached hydrogens (tertiary/aromatic N) is 1. The number of likely N-dealkylation sites (N-methyl/N-ethyl adjacent to an activating group) is 1. The van der Waals surface area contributed by atoms with E-state index in [2.05, 4.69) is 69.4 Å². The number of para-hydroxylation sites is 1. The fourth-order valence-electron chi connectivity index (χ4n) is 2.55. The van der Waals surface area contributed by atoms with Gasteiger partial charge in [-0.3, -0.25) is 4.98 Å². The van der Waals surface area contributed by atoms with Crippen molar-refractivity contribution in [3.63, 3.8) is 0 Å². The van der Waals surface area contributed by atoms with E-state index in [1.54, 1.807) is 0 Å². The SMILES string of the molecule is CCNC(Cc1ccc2ccccc2n1)C(C)(C)CC. The Morgan fingerprint density at radius 1 is 1.10 bits per heavy atom. The molecule has 1 aromatic heterocycles. The molecule has 2 rings (SSSR count). The molecule has 0 saturated heterocycles. The molecular weight excluding hydrogens is 244 g/mol. The lowest BCUT2D eigenvalue weighted by Crippen LogP contribution is -2.43. The van der Waals surface area contributed by atoms with Gasteiger partial charge in [0.15, 0.2) is 0 Å². The van der Waals surface area contributed by atoms with Crippen LogP contribution in [-0.2, 0) is 6.42 Å². The molecule has 0 aliphatic rings. The zero-order chi connectivity index (χ0) is 14.6. The van der Waals surface area contributed by atoms with E-state index in [9.17, 15) is 0 Å². The summed E-state index contributed by atoms with van der Waals surface area (Å²) in [6, 6.07) is 13.1. The monoisotopic (exact) mass is 270 g/mol. The Labute approximate surface area is 122 Å². The van der Waals surface area contributed by atoms with Crippen LogP contribution in [0.15, 0.2) is 36.4 Å². The van der Waals surface area contributed by atoms with Gasteiger partial charge >= 0.3 is 0 Å². The van der Waals surface area contributed by atoms with E-state index < -0.39 is 0 Å². The Hall–Kier alpha value is -1.41. The van der Waals surface area contributed by atoms with Crippen molar-refractivity contribution in [1.82, 2.24) is 10.3 Å². The zero-order valence-corrected chi connectivity index (χ0v) is 13.1. The normalized spacial score (nSPS) is 13.6. The summed E-state index contributed by atoms with van der Waals surface area (Å²) in [6.45, 7) is 10.1. The van der Waals surface area contributed by atoms with E-state index in [1.165, 1.54) is 11.1 Å². The smallest absolute Gasteiger partial charge is 0.0705 e. The van der Waals surface area contributed by atoms with E-state index in [-0.39, 0.29) is 5.41 Å². The standard InChI is InChI=1S/C18H26N2/c1-5-18(3,4)17(19-6-2)13-15-12-11-14-9-7-8-10-16(14)20-15/h7-12,17,19H,5-6,13H2,1-4H3. The number of fused-ring (bicyclic) bond motifs is 1. The van der Waals surface area contributed by atoms with Crippen LogP contribution in [0.3, 0.4) is 0 Å². The van der Waals surface area contributed by atoms with Gasteiger partial charge in [0.1, 0.15) is 0 Å². The Kier molecular flexibility index (Phi) is 4.77. The minimum Gasteiger partial charge on any atom is -0.313 e. The highest BCUT2D eigenvalue weighted by Gasteiger charge is 2.27. The molecule has 1 heterocycles. The Bertz CT molecular complexity index is 560. The van der Waals surface area contributed by atoms with Crippen molar-refractivity contribution in [3.05, 3.63) is 42.1 Å². The lowest BCUT2D eigenvalue weighted by atomic mass is 9.79. The largest absolute Gasteiger partial charge is 0.313 e. The summed E-state index contributed by atoms with van der Waals surface area (Å²) in [5.74, 6) is 0. The van der Waals surface area contributed by atoms with Crippen molar-refractivity contribution in [1.29, 1.82) is 0 Å². The molecule has 1 atom stereocenters. The Morgan fingerprint density at radius 3 is 2.55 bits per heavy atom. The average Bonchev–Trinajstić information content (AvgIpc) is 2.46. The second-order valence-corrected chi connectivity index (χ2v) is 6.15. The molecule has 0 radical (unpaired) electrons. The van der Waals surface area contributed by atoms with E-state index in [1.807, 2.05) is 0 Å². The van der Waals surface area contributed by atoms with Crippen molar-refractivity contribution in [3.8, 4) is 0 Å². The molecule has 2 aromatic rings. The molecule has 108 valence electrons. The van der Waals surface area contributed by atoms with Gasteiger partial charge in [0.2, 0.25) is 0 Å². The van der Waals surface area contributed by atoms with Crippen LogP contribution >= 0.6 is 0 Å². The van der Waals surface area contributed by atoms with Crippen LogP contribution in [0.4, 0.5) is 0 Å². The van der Waals surface area contributed by atoms with E-state index in [4.69, 9.17) is 4.98 Å². The molecule has 0 bridgehead atoms. The second-order valence-electron chi connectivity index (χ2n) is 6.15. The molecule has 0 saturated carbocycles. The van der Waals surface area contributed by atoms with Crippen molar-refractivity contribution in [2.24, 2.45) is 5.41 Å². The van der Waals surface area contributed by atoms with Gasteiger partial charge in [-0.2, -0.15) is 0 Å². The number of nitrogens with one attached hydrogen (secondary N) is 1. The van der Waals surface area contributed by atoms with Crippen molar-refractivity contribution >= 4 is 10.9 Å². The van der Waals surface area contributed by atoms with Gasteiger partial charge < -0.3 is 5.32 Å². The van der Waals surface area contributed by atoms with Gasteiger partial charge in [0.05, 0.1) is 5.52 Å². The van der Waals surface area contributed by atoms with Crippen LogP contribution in [0.2, 0.25) is 0 Å². The van der Waals surface area contributed by atoms with Crippen LogP contribution in [0.5, 0.6) is 0 Å². The van der Waals surface area contributed by atoms with Crippen molar-refractivity contribution < 1.29 is 0 Å². The summed E-state index contributed by atoms with van der Waals surface area (Å²) in [4.78, 5) is 4.81. The maximum absolute atomic E-state index is 4.81. The van der Waals surface area contributed by atoms with E-state index in [0.717, 1.165) is 24.9 Å². The van der Waals surface area contributed by atoms with Crippen LogP contribution < -0.4 is 5.32 Å². The van der Waals surface area contributed by atoms with Crippen LogP contribution in [0.25, 0.3) is 10.9 Å². The molecule has 20 heavy (non-hydrogen) atoms. The molecule has 1 N–H and O–H groups in total. The van der Waals surface area contributed by atoms with Gasteiger partial charge in [-0.05, 0) is 30.5 Å². The molecule has 0 fully saturated rings. The highest BCUT2D eigenvalue weighted by molar-refractivity contribution is 5.78. The third-order valence-electron chi connectivity index (χ3n) is 4.37. The minimum atomic E-state index is 0.281. The summed E-state index contributed by atoms with van der Waals surface area (Å²) in [5.41, 5.74) is 2.55. The Morgan fingerprint density at radius 2 is 1.85 bits per heavy atom. The molecule has 2 nitrogen and oxygen atoms in total. The maximum Gasteiger partial charge on any atom is 0.0705 e. The minimum absolute atomic E-state index is 0.281. The number of hydrogen-bond donors (Lipinski definition) is 1. The van der Waals surface area contributed by atoms with Crippen LogP contribution in [0.1, 0.15) is 39.8 Å².